The van der Waals surface area contributed by atoms with Crippen molar-refractivity contribution in [2.75, 3.05) is 32.6 Å². The Balaban J connectivity index is 1.80. The van der Waals surface area contributed by atoms with E-state index >= 15 is 0 Å². The number of nitrogens with one attached hydrogen (secondary N) is 2. The maximum atomic E-state index is 13.2. The van der Waals surface area contributed by atoms with Crippen LogP contribution in [0.4, 0.5) is 5.69 Å². The van der Waals surface area contributed by atoms with E-state index < -0.39 is 0 Å². The van der Waals surface area contributed by atoms with Crippen LogP contribution >= 0.6 is 0 Å². The Morgan fingerprint density at radius 2 is 1.74 bits per heavy atom. The summed E-state index contributed by atoms with van der Waals surface area (Å²) in [5.41, 5.74) is 4.54. The molecular formula is C26H37N2O3+. The molecule has 1 saturated heterocycles. The van der Waals surface area contributed by atoms with Gasteiger partial charge in [0.25, 0.3) is 5.91 Å². The fourth-order valence-electron chi connectivity index (χ4n) is 4.69. The third-order valence-electron chi connectivity index (χ3n) is 6.32. The topological polar surface area (TPSA) is 52.0 Å². The molecule has 0 aromatic heterocycles. The highest BCUT2D eigenvalue weighted by Crippen LogP contribution is 2.33. The van der Waals surface area contributed by atoms with Gasteiger partial charge < -0.3 is 19.7 Å². The molecular weight excluding hydrogens is 388 g/mol. The Labute approximate surface area is 186 Å². The molecule has 0 saturated carbocycles. The molecule has 3 rings (SSSR count). The number of methoxy groups -OCH3 is 2. The first-order valence-corrected chi connectivity index (χ1v) is 11.3. The van der Waals surface area contributed by atoms with Crippen molar-refractivity contribution in [3.05, 3.63) is 53.1 Å². The largest absolute Gasteiger partial charge is 0.497 e. The van der Waals surface area contributed by atoms with Crippen molar-refractivity contribution in [2.45, 2.75) is 58.4 Å². The molecule has 1 unspecified atom stereocenters. The Bertz CT molecular complexity index is 881. The van der Waals surface area contributed by atoms with Gasteiger partial charge in [-0.15, -0.1) is 0 Å². The number of likely N-dealkylation sites (tertiary alicyclic amines) is 1. The first-order valence-electron chi connectivity index (χ1n) is 11.3. The summed E-state index contributed by atoms with van der Waals surface area (Å²) in [5.74, 6) is 2.39. The van der Waals surface area contributed by atoms with Crippen LogP contribution in [0.15, 0.2) is 36.4 Å². The second kappa shape index (κ2) is 10.2. The summed E-state index contributed by atoms with van der Waals surface area (Å²) in [6, 6.07) is 12.6. The van der Waals surface area contributed by atoms with Gasteiger partial charge in [-0.3, -0.25) is 4.79 Å². The molecule has 2 aromatic rings. The van der Waals surface area contributed by atoms with Gasteiger partial charge in [-0.1, -0.05) is 45.9 Å². The summed E-state index contributed by atoms with van der Waals surface area (Å²) < 4.78 is 11.0. The fourth-order valence-corrected chi connectivity index (χ4v) is 4.69. The van der Waals surface area contributed by atoms with Gasteiger partial charge in [-0.25, -0.2) is 0 Å². The Morgan fingerprint density at radius 1 is 1.06 bits per heavy atom. The number of benzene rings is 2. The molecule has 1 aliphatic rings. The maximum Gasteiger partial charge on any atom is 0.279 e. The summed E-state index contributed by atoms with van der Waals surface area (Å²) >= 11 is 0. The molecule has 1 fully saturated rings. The van der Waals surface area contributed by atoms with Crippen LogP contribution in [0.3, 0.4) is 0 Å². The number of ether oxygens (including phenoxy) is 2. The van der Waals surface area contributed by atoms with Crippen LogP contribution in [-0.4, -0.2) is 33.2 Å². The number of carbonyl (C=O) groups is 1. The van der Waals surface area contributed by atoms with E-state index in [1.807, 2.05) is 12.1 Å². The number of hydrogen-bond donors (Lipinski definition) is 2. The summed E-state index contributed by atoms with van der Waals surface area (Å²) in [4.78, 5) is 14.5. The molecule has 0 aliphatic carbocycles. The number of anilines is 1. The van der Waals surface area contributed by atoms with Crippen molar-refractivity contribution in [1.82, 2.24) is 0 Å². The van der Waals surface area contributed by atoms with Gasteiger partial charge in [0.15, 0.2) is 6.54 Å². The number of rotatable bonds is 8. The lowest BCUT2D eigenvalue weighted by atomic mass is 9.92. The van der Waals surface area contributed by atoms with Crippen molar-refractivity contribution >= 4 is 11.6 Å². The number of hydrogen-bond acceptors (Lipinski definition) is 3. The second-order valence-electron chi connectivity index (χ2n) is 9.06. The van der Waals surface area contributed by atoms with E-state index in [-0.39, 0.29) is 11.9 Å². The first kappa shape index (κ1) is 23.1. The van der Waals surface area contributed by atoms with E-state index in [1.165, 1.54) is 16.0 Å². The van der Waals surface area contributed by atoms with E-state index in [0.717, 1.165) is 42.1 Å². The van der Waals surface area contributed by atoms with Crippen molar-refractivity contribution in [3.63, 3.8) is 0 Å². The van der Waals surface area contributed by atoms with Crippen molar-refractivity contribution in [2.24, 2.45) is 0 Å². The van der Waals surface area contributed by atoms with Crippen molar-refractivity contribution < 1.29 is 19.2 Å². The summed E-state index contributed by atoms with van der Waals surface area (Å²) in [6.07, 6.45) is 2.15. The Morgan fingerprint density at radius 3 is 2.32 bits per heavy atom. The molecule has 5 heteroatoms. The van der Waals surface area contributed by atoms with Gasteiger partial charge in [0, 0.05) is 24.6 Å². The lowest BCUT2D eigenvalue weighted by molar-refractivity contribution is -0.910. The zero-order valence-corrected chi connectivity index (χ0v) is 19.7. The van der Waals surface area contributed by atoms with Gasteiger partial charge in [0.2, 0.25) is 0 Å². The molecule has 0 radical (unpaired) electrons. The van der Waals surface area contributed by atoms with Gasteiger partial charge in [0.1, 0.15) is 17.5 Å². The minimum Gasteiger partial charge on any atom is -0.497 e. The summed E-state index contributed by atoms with van der Waals surface area (Å²) in [6.45, 7) is 10.1. The highest BCUT2D eigenvalue weighted by molar-refractivity contribution is 5.93. The quantitative estimate of drug-likeness (QED) is 0.663. The molecule has 2 atom stereocenters. The Hall–Kier alpha value is -2.53. The van der Waals surface area contributed by atoms with Crippen LogP contribution < -0.4 is 19.7 Å². The number of quaternary nitrogens is 1. The fraction of sp³-hybridized carbons (Fsp3) is 0.500. The standard InChI is InChI=1S/C26H36N2O3/c1-17(2)20-9-7-10-21(18(3)4)26(20)27-25(29)16-28-14-8-11-23(28)22-13-12-19(30-5)15-24(22)31-6/h7,9-10,12-13,15,17-18,23H,8,11,14,16H2,1-6H3,(H,27,29)/p+1/t23-/m1/s1. The average Bonchev–Trinajstić information content (AvgIpc) is 3.20. The van der Waals surface area contributed by atoms with Crippen LogP contribution in [0.1, 0.15) is 75.1 Å². The minimum absolute atomic E-state index is 0.0735. The molecule has 5 nitrogen and oxygen atoms in total. The van der Waals surface area contributed by atoms with E-state index in [9.17, 15) is 4.79 Å². The number of para-hydroxylation sites is 1. The minimum atomic E-state index is 0.0735. The van der Waals surface area contributed by atoms with Crippen LogP contribution in [0.5, 0.6) is 11.5 Å². The maximum absolute atomic E-state index is 13.2. The molecule has 31 heavy (non-hydrogen) atoms. The smallest absolute Gasteiger partial charge is 0.279 e. The van der Waals surface area contributed by atoms with Crippen molar-refractivity contribution in [3.8, 4) is 11.5 Å². The van der Waals surface area contributed by atoms with Gasteiger partial charge in [-0.05, 0) is 35.1 Å². The highest BCUT2D eigenvalue weighted by Gasteiger charge is 2.34. The zero-order chi connectivity index (χ0) is 22.5. The van der Waals surface area contributed by atoms with Gasteiger partial charge >= 0.3 is 0 Å². The molecule has 1 heterocycles. The van der Waals surface area contributed by atoms with Crippen molar-refractivity contribution in [1.29, 1.82) is 0 Å². The van der Waals surface area contributed by atoms with E-state index in [1.54, 1.807) is 14.2 Å². The number of carbonyl (C=O) groups excluding carboxylic acids is 1. The molecule has 2 N–H and O–H groups in total. The molecule has 1 amide bonds. The highest BCUT2D eigenvalue weighted by atomic mass is 16.5. The molecule has 168 valence electrons. The SMILES string of the molecule is COc1ccc([C@H]2CCC[NH+]2CC(=O)Nc2c(C(C)C)cccc2C(C)C)c(OC)c1. The third kappa shape index (κ3) is 5.21. The predicted molar refractivity (Wildman–Crippen MR) is 125 cm³/mol. The first-order chi connectivity index (χ1) is 14.8. The molecule has 1 aliphatic heterocycles. The van der Waals surface area contributed by atoms with Gasteiger partial charge in [0.05, 0.1) is 26.3 Å². The number of amides is 1. The lowest BCUT2D eigenvalue weighted by Crippen LogP contribution is -3.11. The normalized spacial score (nSPS) is 18.5. The second-order valence-corrected chi connectivity index (χ2v) is 9.06. The monoisotopic (exact) mass is 425 g/mol. The summed E-state index contributed by atoms with van der Waals surface area (Å²) in [5, 5.41) is 3.28. The van der Waals surface area contributed by atoms with Crippen LogP contribution in [0, 0.1) is 0 Å². The zero-order valence-electron chi connectivity index (χ0n) is 19.7. The van der Waals surface area contributed by atoms with Crippen LogP contribution in [-0.2, 0) is 4.79 Å². The van der Waals surface area contributed by atoms with Gasteiger partial charge in [-0.2, -0.15) is 0 Å². The molecule has 2 aromatic carbocycles. The molecule has 0 spiro atoms. The average molecular weight is 426 g/mol. The summed E-state index contributed by atoms with van der Waals surface area (Å²) in [7, 11) is 3.35. The lowest BCUT2D eigenvalue weighted by Gasteiger charge is -2.24. The molecule has 0 bridgehead atoms. The predicted octanol–water partition coefficient (Wildman–Crippen LogP) is 4.31. The third-order valence-corrected chi connectivity index (χ3v) is 6.32. The van der Waals surface area contributed by atoms with Crippen LogP contribution in [0.2, 0.25) is 0 Å². The Kier molecular flexibility index (Phi) is 7.60. The van der Waals surface area contributed by atoms with E-state index in [0.29, 0.717) is 18.4 Å². The van der Waals surface area contributed by atoms with E-state index in [2.05, 4.69) is 57.3 Å². The van der Waals surface area contributed by atoms with Crippen LogP contribution in [0.25, 0.3) is 0 Å². The van der Waals surface area contributed by atoms with E-state index in [4.69, 9.17) is 9.47 Å².